The van der Waals surface area contributed by atoms with Gasteiger partial charge in [-0.05, 0) is 36.4 Å². The number of aldehydes is 1. The molecule has 1 fully saturated rings. The number of para-hydroxylation sites is 2. The first-order chi connectivity index (χ1) is 20.3. The van der Waals surface area contributed by atoms with Crippen LogP contribution in [0, 0.1) is 0 Å². The van der Waals surface area contributed by atoms with Crippen molar-refractivity contribution in [3.05, 3.63) is 54.1 Å². The van der Waals surface area contributed by atoms with Crippen molar-refractivity contribution in [1.29, 1.82) is 0 Å². The minimum absolute atomic E-state index is 0.149. The second-order valence-corrected chi connectivity index (χ2v) is 10.0. The summed E-state index contributed by atoms with van der Waals surface area (Å²) in [4.78, 5) is 58.3. The molecule has 1 heterocycles. The van der Waals surface area contributed by atoms with E-state index in [1.807, 2.05) is 0 Å². The molecule has 0 aromatic heterocycles. The Hall–Kier alpha value is -4.70. The fourth-order valence-electron chi connectivity index (χ4n) is 3.87. The molecule has 43 heavy (non-hydrogen) atoms. The summed E-state index contributed by atoms with van der Waals surface area (Å²) in [6.07, 6.45) is -6.89. The lowest BCUT2D eigenvalue weighted by atomic mass is 9.98. The molecule has 0 bridgehead atoms. The van der Waals surface area contributed by atoms with Gasteiger partial charge < -0.3 is 36.8 Å². The highest BCUT2D eigenvalue weighted by molar-refractivity contribution is 7.82. The first-order valence-electron chi connectivity index (χ1n) is 12.5. The van der Waals surface area contributed by atoms with Crippen LogP contribution < -0.4 is 13.1 Å². The third-order valence-electron chi connectivity index (χ3n) is 5.45. The number of benzene rings is 2. The van der Waals surface area contributed by atoms with Crippen LogP contribution in [0.25, 0.3) is 0 Å². The number of carbonyl (C=O) groups excluding carboxylic acids is 5. The van der Waals surface area contributed by atoms with Crippen LogP contribution in [0.1, 0.15) is 38.1 Å². The van der Waals surface area contributed by atoms with Gasteiger partial charge in [-0.25, -0.2) is 0 Å². The Labute approximate surface area is 246 Å². The predicted octanol–water partition coefficient (Wildman–Crippen LogP) is 1.66. The molecule has 5 atom stereocenters. The van der Waals surface area contributed by atoms with Gasteiger partial charge in [0.25, 0.3) is 0 Å². The molecule has 2 aromatic rings. The summed E-state index contributed by atoms with van der Waals surface area (Å²) >= 11 is 0. The number of carbonyl (C=O) groups is 5. The van der Waals surface area contributed by atoms with Crippen LogP contribution in [0.2, 0.25) is 0 Å². The first kappa shape index (κ1) is 32.8. The fraction of sp³-hybridized carbons (Fsp3) is 0.370. The lowest BCUT2D eigenvalue weighted by Crippen LogP contribution is -2.63. The van der Waals surface area contributed by atoms with Crippen molar-refractivity contribution in [1.82, 2.24) is 0 Å². The maximum absolute atomic E-state index is 12.7. The number of hydrogen-bond donors (Lipinski definition) is 0. The summed E-state index contributed by atoms with van der Waals surface area (Å²) in [5.41, 5.74) is 0.286. The van der Waals surface area contributed by atoms with Gasteiger partial charge >= 0.3 is 34.3 Å². The Morgan fingerprint density at radius 3 is 1.86 bits per heavy atom. The first-order valence-corrected chi connectivity index (χ1v) is 13.9. The van der Waals surface area contributed by atoms with E-state index in [1.54, 1.807) is 0 Å². The van der Waals surface area contributed by atoms with Crippen molar-refractivity contribution in [2.75, 3.05) is 6.61 Å². The van der Waals surface area contributed by atoms with E-state index in [9.17, 15) is 32.4 Å². The Balaban J connectivity index is 1.95. The third-order valence-corrected chi connectivity index (χ3v) is 6.23. The van der Waals surface area contributed by atoms with E-state index in [2.05, 4.69) is 0 Å². The van der Waals surface area contributed by atoms with Crippen LogP contribution in [0.4, 0.5) is 0 Å². The second-order valence-electron chi connectivity index (χ2n) is 8.89. The Morgan fingerprint density at radius 1 is 0.744 bits per heavy atom. The van der Waals surface area contributed by atoms with Gasteiger partial charge in [-0.1, -0.05) is 12.1 Å². The molecule has 0 spiro atoms. The van der Waals surface area contributed by atoms with Crippen molar-refractivity contribution >= 4 is 40.6 Å². The van der Waals surface area contributed by atoms with Crippen LogP contribution >= 0.6 is 0 Å². The Kier molecular flexibility index (Phi) is 11.0. The lowest BCUT2D eigenvalue weighted by Gasteiger charge is -2.43. The summed E-state index contributed by atoms with van der Waals surface area (Å²) in [7, 11) is -4.76. The standard InChI is InChI=1S/C27H28O15S/c1-15(29)35-14-23-24(36-16(2)30)25(37-17(3)31)26(38-18(4)32)27(40-23)39-21-7-5-6-8-22(21)42-43(33,34)41-20-11-9-19(13-28)10-12-20/h5-13,23-27H,14H2,1-4H3/t23-,24+,25+,26-,27?/m1/s1. The number of rotatable bonds is 12. The van der Waals surface area contributed by atoms with Gasteiger partial charge in [-0.2, -0.15) is 0 Å². The average Bonchev–Trinajstić information content (AvgIpc) is 2.91. The summed E-state index contributed by atoms with van der Waals surface area (Å²) in [6.45, 7) is 3.80. The molecule has 16 heteroatoms. The molecule has 1 unspecified atom stereocenters. The summed E-state index contributed by atoms with van der Waals surface area (Å²) in [6, 6.07) is 10.5. The molecule has 2 aromatic carbocycles. The zero-order valence-corrected chi connectivity index (χ0v) is 24.1. The monoisotopic (exact) mass is 624 g/mol. The van der Waals surface area contributed by atoms with E-state index in [0.717, 1.165) is 27.7 Å². The molecular weight excluding hydrogens is 596 g/mol. The van der Waals surface area contributed by atoms with Crippen molar-refractivity contribution in [3.63, 3.8) is 0 Å². The largest absolute Gasteiger partial charge is 0.501 e. The fourth-order valence-corrected chi connectivity index (χ4v) is 4.61. The average molecular weight is 625 g/mol. The van der Waals surface area contributed by atoms with E-state index in [1.165, 1.54) is 48.5 Å². The Bertz CT molecular complexity index is 1440. The smallest absolute Gasteiger partial charge is 0.463 e. The van der Waals surface area contributed by atoms with Crippen LogP contribution in [0.15, 0.2) is 48.5 Å². The highest BCUT2D eigenvalue weighted by Gasteiger charge is 2.53. The van der Waals surface area contributed by atoms with E-state index in [-0.39, 0.29) is 22.8 Å². The van der Waals surface area contributed by atoms with Gasteiger partial charge in [0.1, 0.15) is 24.7 Å². The topological polar surface area (TPSA) is 193 Å². The van der Waals surface area contributed by atoms with Gasteiger partial charge in [-0.3, -0.25) is 24.0 Å². The van der Waals surface area contributed by atoms with E-state index in [4.69, 9.17) is 36.8 Å². The summed E-state index contributed by atoms with van der Waals surface area (Å²) in [5, 5.41) is 0. The second kappa shape index (κ2) is 14.5. The number of ether oxygens (including phenoxy) is 6. The van der Waals surface area contributed by atoms with Crippen LogP contribution in [-0.4, -0.2) is 75.9 Å². The zero-order chi connectivity index (χ0) is 31.7. The maximum Gasteiger partial charge on any atom is 0.501 e. The van der Waals surface area contributed by atoms with Crippen molar-refractivity contribution in [2.45, 2.75) is 58.4 Å². The highest BCUT2D eigenvalue weighted by atomic mass is 32.3. The summed E-state index contributed by atoms with van der Waals surface area (Å²) in [5.74, 6) is -4.03. The Morgan fingerprint density at radius 2 is 1.30 bits per heavy atom. The van der Waals surface area contributed by atoms with E-state index >= 15 is 0 Å². The summed E-state index contributed by atoms with van der Waals surface area (Å²) < 4.78 is 68.1. The molecular formula is C27H28O15S. The number of hydrogen-bond acceptors (Lipinski definition) is 15. The SMILES string of the molecule is CC(=O)OC[C@H]1OC(Oc2ccccc2OS(=O)(=O)Oc2ccc(C=O)cc2)[C@H](OC(C)=O)[C@@H](OC(C)=O)[C@H]1OC(C)=O. The van der Waals surface area contributed by atoms with Crippen LogP contribution in [-0.2, 0) is 53.3 Å². The minimum Gasteiger partial charge on any atom is -0.463 e. The molecule has 0 amide bonds. The lowest BCUT2D eigenvalue weighted by molar-refractivity contribution is -0.288. The van der Waals surface area contributed by atoms with Gasteiger partial charge in [0.2, 0.25) is 12.4 Å². The number of esters is 4. The molecule has 0 aliphatic carbocycles. The molecule has 1 aliphatic heterocycles. The molecule has 0 saturated carbocycles. The molecule has 1 saturated heterocycles. The van der Waals surface area contributed by atoms with Crippen molar-refractivity contribution in [2.24, 2.45) is 0 Å². The van der Waals surface area contributed by atoms with Crippen molar-refractivity contribution < 1.29 is 69.2 Å². The molecule has 0 N–H and O–H groups in total. The van der Waals surface area contributed by atoms with Crippen molar-refractivity contribution in [3.8, 4) is 17.2 Å². The molecule has 0 radical (unpaired) electrons. The van der Waals surface area contributed by atoms with Gasteiger partial charge in [-0.15, -0.1) is 8.42 Å². The molecule has 3 rings (SSSR count). The van der Waals surface area contributed by atoms with E-state index < -0.39 is 71.6 Å². The highest BCUT2D eigenvalue weighted by Crippen LogP contribution is 2.35. The molecule has 1 aliphatic rings. The van der Waals surface area contributed by atoms with Gasteiger partial charge in [0.05, 0.1) is 0 Å². The third kappa shape index (κ3) is 9.68. The quantitative estimate of drug-likeness (QED) is 0.188. The van der Waals surface area contributed by atoms with Crippen LogP contribution in [0.5, 0.6) is 17.2 Å². The molecule has 15 nitrogen and oxygen atoms in total. The van der Waals surface area contributed by atoms with Crippen LogP contribution in [0.3, 0.4) is 0 Å². The van der Waals surface area contributed by atoms with Gasteiger partial charge in [0, 0.05) is 33.3 Å². The molecule has 232 valence electrons. The maximum atomic E-state index is 12.7. The zero-order valence-electron chi connectivity index (χ0n) is 23.3. The predicted molar refractivity (Wildman–Crippen MR) is 141 cm³/mol. The normalized spacial score (nSPS) is 21.4. The van der Waals surface area contributed by atoms with Gasteiger partial charge in [0.15, 0.2) is 23.7 Å². The minimum atomic E-state index is -4.76. The van der Waals surface area contributed by atoms with E-state index in [0.29, 0.717) is 6.29 Å².